The number of rotatable bonds is 5. The molecule has 0 aromatic heterocycles. The highest BCUT2D eigenvalue weighted by molar-refractivity contribution is 5.77. The molecule has 2 aliphatic heterocycles. The number of halogens is 1. The molecule has 4 nitrogen and oxygen atoms in total. The van der Waals surface area contributed by atoms with Crippen molar-refractivity contribution < 1.29 is 13.9 Å². The van der Waals surface area contributed by atoms with E-state index in [2.05, 4.69) is 5.32 Å². The summed E-state index contributed by atoms with van der Waals surface area (Å²) in [6.07, 6.45) is 0.395. The molecule has 120 valence electrons. The number of nitrogens with one attached hydrogen (secondary N) is 1. The number of hydrogen-bond acceptors (Lipinski definition) is 3. The van der Waals surface area contributed by atoms with Crippen LogP contribution in [0.2, 0.25) is 0 Å². The van der Waals surface area contributed by atoms with Crippen molar-refractivity contribution in [2.75, 3.05) is 32.8 Å². The van der Waals surface area contributed by atoms with E-state index in [-0.39, 0.29) is 17.8 Å². The summed E-state index contributed by atoms with van der Waals surface area (Å²) in [7, 11) is 0. The summed E-state index contributed by atoms with van der Waals surface area (Å²) in [5.74, 6) is 0.702. The molecule has 1 aromatic rings. The molecule has 0 unspecified atom stereocenters. The third-order valence-electron chi connectivity index (χ3n) is 4.74. The van der Waals surface area contributed by atoms with Gasteiger partial charge in [-0.25, -0.2) is 4.39 Å². The standard InChI is InChI=1S/C17H23FN2O2/c1-2-22-7-6-16(21)20-11-13-9-19-10-15(13)17(20)12-4-3-5-14(18)8-12/h3-5,8,13,15,17,19H,2,6-7,9-11H2,1H3/t13-,15-,17+/m0/s1. The van der Waals surface area contributed by atoms with E-state index in [9.17, 15) is 9.18 Å². The van der Waals surface area contributed by atoms with E-state index in [1.54, 1.807) is 12.1 Å². The minimum absolute atomic E-state index is 0.0233. The molecule has 1 amide bonds. The molecule has 0 saturated carbocycles. The Morgan fingerprint density at radius 1 is 1.45 bits per heavy atom. The van der Waals surface area contributed by atoms with Crippen molar-refractivity contribution in [2.45, 2.75) is 19.4 Å². The highest BCUT2D eigenvalue weighted by Crippen LogP contribution is 2.42. The van der Waals surface area contributed by atoms with Gasteiger partial charge in [0.15, 0.2) is 0 Å². The number of carbonyl (C=O) groups is 1. The lowest BCUT2D eigenvalue weighted by atomic mass is 9.89. The van der Waals surface area contributed by atoms with Gasteiger partial charge in [-0.05, 0) is 30.5 Å². The van der Waals surface area contributed by atoms with Crippen LogP contribution in [0.15, 0.2) is 24.3 Å². The van der Waals surface area contributed by atoms with Gasteiger partial charge in [-0.1, -0.05) is 12.1 Å². The van der Waals surface area contributed by atoms with Crippen LogP contribution >= 0.6 is 0 Å². The molecule has 22 heavy (non-hydrogen) atoms. The van der Waals surface area contributed by atoms with Gasteiger partial charge in [0.2, 0.25) is 5.91 Å². The van der Waals surface area contributed by atoms with E-state index < -0.39 is 0 Å². The van der Waals surface area contributed by atoms with E-state index >= 15 is 0 Å². The van der Waals surface area contributed by atoms with Crippen molar-refractivity contribution in [3.63, 3.8) is 0 Å². The molecular weight excluding hydrogens is 283 g/mol. The molecule has 1 aromatic carbocycles. The Morgan fingerprint density at radius 2 is 2.32 bits per heavy atom. The number of benzene rings is 1. The molecule has 2 heterocycles. The lowest BCUT2D eigenvalue weighted by Gasteiger charge is -2.28. The molecule has 0 aliphatic carbocycles. The minimum Gasteiger partial charge on any atom is -0.381 e. The topological polar surface area (TPSA) is 41.6 Å². The van der Waals surface area contributed by atoms with Gasteiger partial charge < -0.3 is 15.0 Å². The van der Waals surface area contributed by atoms with Gasteiger partial charge in [0, 0.05) is 32.2 Å². The maximum absolute atomic E-state index is 13.6. The smallest absolute Gasteiger partial charge is 0.225 e. The SMILES string of the molecule is CCOCCC(=O)N1C[C@@H]2CNC[C@@H]2[C@H]1c1cccc(F)c1. The Kier molecular flexibility index (Phi) is 4.74. The Hall–Kier alpha value is -1.46. The highest BCUT2D eigenvalue weighted by atomic mass is 19.1. The van der Waals surface area contributed by atoms with Gasteiger partial charge in [-0.2, -0.15) is 0 Å². The molecular formula is C17H23FN2O2. The normalized spacial score (nSPS) is 27.2. The summed E-state index contributed by atoms with van der Waals surface area (Å²) in [5, 5.41) is 3.39. The van der Waals surface area contributed by atoms with Crippen LogP contribution in [0.4, 0.5) is 4.39 Å². The molecule has 2 fully saturated rings. The summed E-state index contributed by atoms with van der Waals surface area (Å²) in [4.78, 5) is 14.5. The number of fused-ring (bicyclic) bond motifs is 1. The number of likely N-dealkylation sites (tertiary alicyclic amines) is 1. The van der Waals surface area contributed by atoms with Crippen LogP contribution < -0.4 is 5.32 Å². The average Bonchev–Trinajstić information content (AvgIpc) is 3.07. The summed E-state index contributed by atoms with van der Waals surface area (Å²) in [6.45, 7) is 5.58. The molecule has 3 atom stereocenters. The van der Waals surface area contributed by atoms with Crippen LogP contribution in [0, 0.1) is 17.7 Å². The average molecular weight is 306 g/mol. The largest absolute Gasteiger partial charge is 0.381 e. The second-order valence-electron chi connectivity index (χ2n) is 6.08. The van der Waals surface area contributed by atoms with Crippen molar-refractivity contribution in [2.24, 2.45) is 11.8 Å². The fourth-order valence-corrected chi connectivity index (χ4v) is 3.74. The molecule has 1 N–H and O–H groups in total. The zero-order valence-corrected chi connectivity index (χ0v) is 12.9. The van der Waals surface area contributed by atoms with Gasteiger partial charge in [0.25, 0.3) is 0 Å². The van der Waals surface area contributed by atoms with Gasteiger partial charge in [-0.15, -0.1) is 0 Å². The van der Waals surface area contributed by atoms with Gasteiger partial charge in [-0.3, -0.25) is 4.79 Å². The van der Waals surface area contributed by atoms with Crippen LogP contribution in [0.5, 0.6) is 0 Å². The number of amides is 1. The molecule has 0 bridgehead atoms. The predicted octanol–water partition coefficient (Wildman–Crippen LogP) is 1.97. The van der Waals surface area contributed by atoms with Crippen LogP contribution in [0.1, 0.15) is 24.9 Å². The highest BCUT2D eigenvalue weighted by Gasteiger charge is 2.46. The van der Waals surface area contributed by atoms with Crippen molar-refractivity contribution in [1.82, 2.24) is 10.2 Å². The first-order valence-corrected chi connectivity index (χ1v) is 8.04. The lowest BCUT2D eigenvalue weighted by Crippen LogP contribution is -2.35. The summed E-state index contributed by atoms with van der Waals surface area (Å²) < 4.78 is 18.9. The van der Waals surface area contributed by atoms with Crippen molar-refractivity contribution in [1.29, 1.82) is 0 Å². The van der Waals surface area contributed by atoms with E-state index in [1.807, 2.05) is 17.9 Å². The predicted molar refractivity (Wildman–Crippen MR) is 81.8 cm³/mol. The zero-order chi connectivity index (χ0) is 15.5. The zero-order valence-electron chi connectivity index (χ0n) is 12.9. The van der Waals surface area contributed by atoms with Crippen LogP contribution in [-0.4, -0.2) is 43.7 Å². The Bertz CT molecular complexity index is 537. The molecule has 3 rings (SSSR count). The van der Waals surface area contributed by atoms with Gasteiger partial charge in [0.05, 0.1) is 19.1 Å². The first-order chi connectivity index (χ1) is 10.7. The van der Waals surface area contributed by atoms with Crippen LogP contribution in [0.25, 0.3) is 0 Å². The third kappa shape index (κ3) is 3.01. The lowest BCUT2D eigenvalue weighted by molar-refractivity contribution is -0.133. The number of nitrogens with zero attached hydrogens (tertiary/aromatic N) is 1. The van der Waals surface area contributed by atoms with Gasteiger partial charge in [0.1, 0.15) is 5.82 Å². The van der Waals surface area contributed by atoms with Gasteiger partial charge >= 0.3 is 0 Å². The van der Waals surface area contributed by atoms with E-state index in [1.165, 1.54) is 6.07 Å². The van der Waals surface area contributed by atoms with E-state index in [0.29, 0.717) is 31.5 Å². The molecule has 5 heteroatoms. The second kappa shape index (κ2) is 6.75. The van der Waals surface area contributed by atoms with E-state index in [4.69, 9.17) is 4.74 Å². The summed E-state index contributed by atoms with van der Waals surface area (Å²) in [6, 6.07) is 6.64. The molecule has 0 spiro atoms. The number of hydrogen-bond donors (Lipinski definition) is 1. The van der Waals surface area contributed by atoms with Crippen molar-refractivity contribution in [3.8, 4) is 0 Å². The number of ether oxygens (including phenoxy) is 1. The Labute approximate surface area is 130 Å². The fourth-order valence-electron chi connectivity index (χ4n) is 3.74. The van der Waals surface area contributed by atoms with Crippen molar-refractivity contribution >= 4 is 5.91 Å². The molecule has 2 aliphatic rings. The maximum Gasteiger partial charge on any atom is 0.225 e. The van der Waals surface area contributed by atoms with Crippen molar-refractivity contribution in [3.05, 3.63) is 35.6 Å². The maximum atomic E-state index is 13.6. The van der Waals surface area contributed by atoms with E-state index in [0.717, 1.165) is 25.2 Å². The monoisotopic (exact) mass is 306 g/mol. The van der Waals surface area contributed by atoms with Crippen LogP contribution in [0.3, 0.4) is 0 Å². The fraction of sp³-hybridized carbons (Fsp3) is 0.588. The summed E-state index contributed by atoms with van der Waals surface area (Å²) in [5.41, 5.74) is 0.904. The Morgan fingerprint density at radius 3 is 3.09 bits per heavy atom. The molecule has 2 saturated heterocycles. The second-order valence-corrected chi connectivity index (χ2v) is 6.08. The Balaban J connectivity index is 1.80. The number of carbonyl (C=O) groups excluding carboxylic acids is 1. The first kappa shape index (κ1) is 15.4. The summed E-state index contributed by atoms with van der Waals surface area (Å²) >= 11 is 0. The molecule has 0 radical (unpaired) electrons. The quantitative estimate of drug-likeness (QED) is 0.846. The van der Waals surface area contributed by atoms with Crippen LogP contribution in [-0.2, 0) is 9.53 Å². The first-order valence-electron chi connectivity index (χ1n) is 8.04. The minimum atomic E-state index is -0.242. The third-order valence-corrected chi connectivity index (χ3v) is 4.74.